The highest BCUT2D eigenvalue weighted by molar-refractivity contribution is 5.83. The molecular weight excluding hydrogens is 200 g/mol. The van der Waals surface area contributed by atoms with E-state index in [4.69, 9.17) is 0 Å². The monoisotopic (exact) mass is 210 g/mol. The van der Waals surface area contributed by atoms with E-state index in [0.717, 1.165) is 22.0 Å². The van der Waals surface area contributed by atoms with Gasteiger partial charge in [0.15, 0.2) is 0 Å². The summed E-state index contributed by atoms with van der Waals surface area (Å²) in [6.07, 6.45) is 7.22. The van der Waals surface area contributed by atoms with Crippen LogP contribution in [0.4, 0.5) is 0 Å². The molecule has 0 N–H and O–H groups in total. The predicted octanol–water partition coefficient (Wildman–Crippen LogP) is 2.03. The zero-order chi connectivity index (χ0) is 11.0. The molecule has 0 bridgehead atoms. The van der Waals surface area contributed by atoms with E-state index in [1.54, 1.807) is 11.0 Å². The molecule has 2 aromatic heterocycles. The lowest BCUT2D eigenvalue weighted by molar-refractivity contribution is 0.768. The molecule has 0 aliphatic rings. The molecule has 1 aromatic carbocycles. The normalized spacial score (nSPS) is 10.8. The van der Waals surface area contributed by atoms with Gasteiger partial charge in [-0.3, -0.25) is 4.68 Å². The quantitative estimate of drug-likeness (QED) is 0.617. The summed E-state index contributed by atoms with van der Waals surface area (Å²) in [7, 11) is 1.91. The molecule has 3 rings (SSSR count). The Hall–Kier alpha value is -2.23. The second-order valence-electron chi connectivity index (χ2n) is 3.70. The molecule has 0 amide bonds. The van der Waals surface area contributed by atoms with Gasteiger partial charge in [-0.05, 0) is 11.6 Å². The number of hydrogen-bond acceptors (Lipinski definition) is 3. The average molecular weight is 210 g/mol. The van der Waals surface area contributed by atoms with Crippen LogP contribution in [-0.2, 0) is 7.05 Å². The number of benzene rings is 1. The van der Waals surface area contributed by atoms with Gasteiger partial charge in [-0.25, -0.2) is 9.97 Å². The third kappa shape index (κ3) is 1.44. The van der Waals surface area contributed by atoms with Gasteiger partial charge in [0.05, 0.1) is 11.7 Å². The van der Waals surface area contributed by atoms with Crippen LogP contribution in [0.2, 0.25) is 0 Å². The molecule has 0 fully saturated rings. The summed E-state index contributed by atoms with van der Waals surface area (Å²) < 4.78 is 1.79. The van der Waals surface area contributed by atoms with E-state index in [-0.39, 0.29) is 0 Å². The fourth-order valence-corrected chi connectivity index (χ4v) is 1.72. The summed E-state index contributed by atoms with van der Waals surface area (Å²) in [6, 6.07) is 6.13. The first-order chi connectivity index (χ1) is 7.83. The maximum atomic E-state index is 4.24. The Kier molecular flexibility index (Phi) is 1.93. The van der Waals surface area contributed by atoms with Crippen LogP contribution in [0.1, 0.15) is 0 Å². The SMILES string of the molecule is Cn1cc(-c2ccc3cncnc3c2)cn1. The molecule has 0 saturated heterocycles. The highest BCUT2D eigenvalue weighted by atomic mass is 15.2. The summed E-state index contributed by atoms with van der Waals surface area (Å²) in [5.74, 6) is 0. The van der Waals surface area contributed by atoms with Gasteiger partial charge in [-0.1, -0.05) is 12.1 Å². The van der Waals surface area contributed by atoms with E-state index < -0.39 is 0 Å². The molecule has 0 spiro atoms. The lowest BCUT2D eigenvalue weighted by Gasteiger charge is -1.99. The van der Waals surface area contributed by atoms with Crippen LogP contribution < -0.4 is 0 Å². The molecule has 2 heterocycles. The minimum absolute atomic E-state index is 0.955. The molecule has 78 valence electrons. The van der Waals surface area contributed by atoms with Crippen LogP contribution in [0.3, 0.4) is 0 Å². The lowest BCUT2D eigenvalue weighted by Crippen LogP contribution is -1.84. The molecular formula is C12H10N4. The van der Waals surface area contributed by atoms with E-state index >= 15 is 0 Å². The summed E-state index contributed by atoms with van der Waals surface area (Å²) in [4.78, 5) is 8.23. The highest BCUT2D eigenvalue weighted by Crippen LogP contribution is 2.21. The smallest absolute Gasteiger partial charge is 0.116 e. The molecule has 0 atom stereocenters. The zero-order valence-corrected chi connectivity index (χ0v) is 8.83. The largest absolute Gasteiger partial charge is 0.275 e. The molecule has 4 nitrogen and oxygen atoms in total. The van der Waals surface area contributed by atoms with Crippen molar-refractivity contribution in [1.29, 1.82) is 0 Å². The van der Waals surface area contributed by atoms with Crippen LogP contribution in [-0.4, -0.2) is 19.7 Å². The van der Waals surface area contributed by atoms with Crippen molar-refractivity contribution in [3.63, 3.8) is 0 Å². The summed E-state index contributed by atoms with van der Waals surface area (Å²) in [5.41, 5.74) is 3.18. The lowest BCUT2D eigenvalue weighted by atomic mass is 10.1. The second kappa shape index (κ2) is 3.41. The number of aryl methyl sites for hydroxylation is 1. The van der Waals surface area contributed by atoms with Crippen LogP contribution in [0.5, 0.6) is 0 Å². The van der Waals surface area contributed by atoms with Gasteiger partial charge in [0.1, 0.15) is 6.33 Å². The molecule has 0 saturated carbocycles. The van der Waals surface area contributed by atoms with E-state index in [0.29, 0.717) is 0 Å². The Morgan fingerprint density at radius 1 is 1.12 bits per heavy atom. The highest BCUT2D eigenvalue weighted by Gasteiger charge is 2.02. The van der Waals surface area contributed by atoms with Crippen LogP contribution >= 0.6 is 0 Å². The van der Waals surface area contributed by atoms with Crippen molar-refractivity contribution in [1.82, 2.24) is 19.7 Å². The standard InChI is InChI=1S/C12H10N4/c1-16-7-11(6-15-16)9-2-3-10-5-13-8-14-12(10)4-9/h2-8H,1H3. The van der Waals surface area contributed by atoms with Gasteiger partial charge in [-0.15, -0.1) is 0 Å². The van der Waals surface area contributed by atoms with Crippen molar-refractivity contribution in [3.05, 3.63) is 43.1 Å². The van der Waals surface area contributed by atoms with Crippen LogP contribution in [0.15, 0.2) is 43.1 Å². The van der Waals surface area contributed by atoms with E-state index in [2.05, 4.69) is 21.1 Å². The maximum Gasteiger partial charge on any atom is 0.116 e. The van der Waals surface area contributed by atoms with Gasteiger partial charge in [0.25, 0.3) is 0 Å². The van der Waals surface area contributed by atoms with Gasteiger partial charge in [-0.2, -0.15) is 5.10 Å². The third-order valence-electron chi connectivity index (χ3n) is 2.55. The Balaban J connectivity index is 2.18. The number of aromatic nitrogens is 4. The molecule has 0 unspecified atom stereocenters. The third-order valence-corrected chi connectivity index (χ3v) is 2.55. The van der Waals surface area contributed by atoms with Crippen molar-refractivity contribution < 1.29 is 0 Å². The second-order valence-corrected chi connectivity index (χ2v) is 3.70. The van der Waals surface area contributed by atoms with Crippen LogP contribution in [0, 0.1) is 0 Å². The van der Waals surface area contributed by atoms with Crippen LogP contribution in [0.25, 0.3) is 22.0 Å². The minimum atomic E-state index is 0.955. The first kappa shape index (κ1) is 9.03. The number of hydrogen-bond donors (Lipinski definition) is 0. The first-order valence-corrected chi connectivity index (χ1v) is 5.02. The summed E-state index contributed by atoms with van der Waals surface area (Å²) >= 11 is 0. The number of rotatable bonds is 1. The van der Waals surface area contributed by atoms with Crippen molar-refractivity contribution in [2.45, 2.75) is 0 Å². The predicted molar refractivity (Wildman–Crippen MR) is 61.7 cm³/mol. The molecule has 4 heteroatoms. The Morgan fingerprint density at radius 3 is 2.88 bits per heavy atom. The number of fused-ring (bicyclic) bond motifs is 1. The minimum Gasteiger partial charge on any atom is -0.275 e. The topological polar surface area (TPSA) is 43.6 Å². The van der Waals surface area contributed by atoms with Gasteiger partial charge in [0, 0.05) is 30.4 Å². The zero-order valence-electron chi connectivity index (χ0n) is 8.83. The van der Waals surface area contributed by atoms with Crippen molar-refractivity contribution in [3.8, 4) is 11.1 Å². The maximum absolute atomic E-state index is 4.24. The van der Waals surface area contributed by atoms with Gasteiger partial charge < -0.3 is 0 Å². The van der Waals surface area contributed by atoms with Crippen molar-refractivity contribution in [2.75, 3.05) is 0 Å². The van der Waals surface area contributed by atoms with Gasteiger partial charge >= 0.3 is 0 Å². The Morgan fingerprint density at radius 2 is 2.06 bits per heavy atom. The molecule has 3 aromatic rings. The van der Waals surface area contributed by atoms with E-state index in [1.807, 2.05) is 37.8 Å². The molecule has 0 aliphatic carbocycles. The van der Waals surface area contributed by atoms with E-state index in [9.17, 15) is 0 Å². The Bertz CT molecular complexity index is 642. The van der Waals surface area contributed by atoms with E-state index in [1.165, 1.54) is 0 Å². The van der Waals surface area contributed by atoms with Gasteiger partial charge in [0.2, 0.25) is 0 Å². The average Bonchev–Trinajstić information content (AvgIpc) is 2.75. The first-order valence-electron chi connectivity index (χ1n) is 5.02. The fourth-order valence-electron chi connectivity index (χ4n) is 1.72. The Labute approximate surface area is 92.6 Å². The summed E-state index contributed by atoms with van der Waals surface area (Å²) in [5, 5.41) is 5.21. The fraction of sp³-hybridized carbons (Fsp3) is 0.0833. The number of nitrogens with zero attached hydrogens (tertiary/aromatic N) is 4. The van der Waals surface area contributed by atoms with Crippen molar-refractivity contribution in [2.24, 2.45) is 7.05 Å². The molecule has 16 heavy (non-hydrogen) atoms. The molecule has 0 aliphatic heterocycles. The summed E-state index contributed by atoms with van der Waals surface area (Å²) in [6.45, 7) is 0. The molecule has 0 radical (unpaired) electrons. The van der Waals surface area contributed by atoms with Crippen molar-refractivity contribution >= 4 is 10.9 Å².